The van der Waals surface area contributed by atoms with E-state index in [1.807, 2.05) is 24.3 Å². The van der Waals surface area contributed by atoms with Gasteiger partial charge in [0.2, 0.25) is 0 Å². The Hall–Kier alpha value is -2.20. The Bertz CT molecular complexity index is 959. The molecule has 0 bridgehead atoms. The maximum Gasteiger partial charge on any atom is 0.156 e. The van der Waals surface area contributed by atoms with E-state index in [1.54, 1.807) is 43.8 Å². The summed E-state index contributed by atoms with van der Waals surface area (Å²) in [5.41, 5.74) is 1.64. The summed E-state index contributed by atoms with van der Waals surface area (Å²) in [5.74, 6) is 1.10. The van der Waals surface area contributed by atoms with Gasteiger partial charge in [-0.05, 0) is 36.0 Å². The average Bonchev–Trinajstić information content (AvgIpc) is 3.03. The van der Waals surface area contributed by atoms with Crippen molar-refractivity contribution in [2.45, 2.75) is 4.34 Å². The molecular formula is C18H13ClN2O2S2. The van der Waals surface area contributed by atoms with Crippen molar-refractivity contribution in [1.29, 1.82) is 5.26 Å². The first-order chi connectivity index (χ1) is 12.1. The molecule has 0 aliphatic heterocycles. The summed E-state index contributed by atoms with van der Waals surface area (Å²) < 4.78 is 12.5. The van der Waals surface area contributed by atoms with Crippen molar-refractivity contribution >= 4 is 51.0 Å². The molecule has 0 N–H and O–H groups in total. The molecule has 3 aromatic rings. The van der Waals surface area contributed by atoms with Gasteiger partial charge in [0.25, 0.3) is 0 Å². The smallest absolute Gasteiger partial charge is 0.156 e. The second-order valence-corrected chi connectivity index (χ2v) is 7.63. The number of fused-ring (bicyclic) bond motifs is 1. The lowest BCUT2D eigenvalue weighted by molar-refractivity contribution is 0.394. The lowest BCUT2D eigenvalue weighted by atomic mass is 10.1. The van der Waals surface area contributed by atoms with Crippen LogP contribution in [-0.4, -0.2) is 19.2 Å². The van der Waals surface area contributed by atoms with Gasteiger partial charge >= 0.3 is 0 Å². The Kier molecular flexibility index (Phi) is 5.49. The number of thiazole rings is 1. The number of allylic oxidation sites excluding steroid dienone is 1. The number of thioether (sulfide) groups is 1. The predicted molar refractivity (Wildman–Crippen MR) is 104 cm³/mol. The van der Waals surface area contributed by atoms with Gasteiger partial charge in [-0.25, -0.2) is 4.98 Å². The number of rotatable bonds is 5. The summed E-state index contributed by atoms with van der Waals surface area (Å²) in [6.07, 6.45) is 1.74. The van der Waals surface area contributed by atoms with Gasteiger partial charge in [-0.1, -0.05) is 23.7 Å². The van der Waals surface area contributed by atoms with Crippen LogP contribution in [0.4, 0.5) is 0 Å². The van der Waals surface area contributed by atoms with E-state index in [9.17, 15) is 5.26 Å². The number of methoxy groups -OCH3 is 2. The molecule has 0 radical (unpaired) electrons. The zero-order valence-electron chi connectivity index (χ0n) is 13.4. The fraction of sp³-hybridized carbons (Fsp3) is 0.111. The minimum absolute atomic E-state index is 0.455. The maximum atomic E-state index is 9.50. The minimum atomic E-state index is 0.455. The normalized spacial score (nSPS) is 11.4. The first-order valence-corrected chi connectivity index (χ1v) is 9.22. The number of halogens is 1. The molecule has 0 spiro atoms. The van der Waals surface area contributed by atoms with Gasteiger partial charge in [0.15, 0.2) is 4.34 Å². The Labute approximate surface area is 158 Å². The van der Waals surface area contributed by atoms with Crippen LogP contribution in [0.1, 0.15) is 5.56 Å². The summed E-state index contributed by atoms with van der Waals surface area (Å²) >= 11 is 9.06. The van der Waals surface area contributed by atoms with Crippen molar-refractivity contribution in [2.24, 2.45) is 0 Å². The molecule has 1 heterocycles. The Balaban J connectivity index is 1.95. The largest absolute Gasteiger partial charge is 0.496 e. The number of ether oxygens (including phenoxy) is 2. The number of nitriles is 1. The first-order valence-electron chi connectivity index (χ1n) is 7.21. The molecule has 4 nitrogen and oxygen atoms in total. The van der Waals surface area contributed by atoms with Crippen LogP contribution in [0.5, 0.6) is 11.5 Å². The van der Waals surface area contributed by atoms with E-state index in [2.05, 4.69) is 11.1 Å². The number of hydrogen-bond acceptors (Lipinski definition) is 6. The molecule has 0 saturated heterocycles. The second-order valence-electron chi connectivity index (χ2n) is 4.90. The zero-order valence-corrected chi connectivity index (χ0v) is 15.8. The van der Waals surface area contributed by atoms with Crippen molar-refractivity contribution in [2.75, 3.05) is 14.2 Å². The van der Waals surface area contributed by atoms with Crippen molar-refractivity contribution < 1.29 is 9.47 Å². The third-order valence-electron chi connectivity index (χ3n) is 3.37. The number of para-hydroxylation sites is 1. The van der Waals surface area contributed by atoms with E-state index in [0.717, 1.165) is 14.6 Å². The first kappa shape index (κ1) is 17.6. The molecule has 0 amide bonds. The zero-order chi connectivity index (χ0) is 17.8. The summed E-state index contributed by atoms with van der Waals surface area (Å²) in [4.78, 5) is 5.04. The Morgan fingerprint density at radius 3 is 2.68 bits per heavy atom. The summed E-state index contributed by atoms with van der Waals surface area (Å²) in [7, 11) is 3.10. The molecule has 0 atom stereocenters. The molecule has 7 heteroatoms. The third-order valence-corrected chi connectivity index (χ3v) is 5.69. The van der Waals surface area contributed by atoms with Crippen LogP contribution in [0.25, 0.3) is 16.3 Å². The average molecular weight is 389 g/mol. The minimum Gasteiger partial charge on any atom is -0.496 e. The van der Waals surface area contributed by atoms with Crippen LogP contribution in [0.3, 0.4) is 0 Å². The van der Waals surface area contributed by atoms with Crippen molar-refractivity contribution in [1.82, 2.24) is 4.98 Å². The van der Waals surface area contributed by atoms with E-state index < -0.39 is 0 Å². The summed E-state index contributed by atoms with van der Waals surface area (Å²) in [6.45, 7) is 0. The summed E-state index contributed by atoms with van der Waals surface area (Å²) in [5, 5.41) is 9.95. The SMILES string of the molecule is COc1cc(OC)c(C=C(C#N)Sc2nc3ccccc3s2)cc1Cl. The van der Waals surface area contributed by atoms with Crippen molar-refractivity contribution in [3.63, 3.8) is 0 Å². The highest BCUT2D eigenvalue weighted by atomic mass is 35.5. The van der Waals surface area contributed by atoms with Crippen LogP contribution in [-0.2, 0) is 0 Å². The van der Waals surface area contributed by atoms with Crippen LogP contribution >= 0.6 is 34.7 Å². The van der Waals surface area contributed by atoms with Crippen molar-refractivity contribution in [3.8, 4) is 17.6 Å². The van der Waals surface area contributed by atoms with Crippen LogP contribution in [0.15, 0.2) is 45.6 Å². The van der Waals surface area contributed by atoms with Gasteiger partial charge in [0.05, 0.1) is 34.4 Å². The van der Waals surface area contributed by atoms with Gasteiger partial charge in [0, 0.05) is 11.6 Å². The molecule has 1 aromatic heterocycles. The molecule has 0 saturated carbocycles. The Morgan fingerprint density at radius 1 is 1.24 bits per heavy atom. The summed E-state index contributed by atoms with van der Waals surface area (Å²) in [6, 6.07) is 13.5. The molecule has 0 fully saturated rings. The standard InChI is InChI=1S/C18H13ClN2O2S2/c1-22-15-9-16(23-2)13(19)8-11(15)7-12(10-20)24-18-21-14-5-3-4-6-17(14)25-18/h3-9H,1-2H3. The third kappa shape index (κ3) is 3.90. The quantitative estimate of drug-likeness (QED) is 0.419. The van der Waals surface area contributed by atoms with Gasteiger partial charge in [-0.2, -0.15) is 5.26 Å². The molecule has 2 aromatic carbocycles. The van der Waals surface area contributed by atoms with E-state index in [4.69, 9.17) is 21.1 Å². The number of nitrogens with zero attached hydrogens (tertiary/aromatic N) is 2. The van der Waals surface area contributed by atoms with Crippen molar-refractivity contribution in [3.05, 3.63) is 51.9 Å². The van der Waals surface area contributed by atoms with Gasteiger partial charge in [-0.3, -0.25) is 0 Å². The molecular weight excluding hydrogens is 376 g/mol. The van der Waals surface area contributed by atoms with E-state index in [0.29, 0.717) is 27.0 Å². The van der Waals surface area contributed by atoms with E-state index in [-0.39, 0.29) is 0 Å². The van der Waals surface area contributed by atoms with Crippen LogP contribution in [0.2, 0.25) is 5.02 Å². The van der Waals surface area contributed by atoms with Gasteiger partial charge < -0.3 is 9.47 Å². The predicted octanol–water partition coefficient (Wildman–Crippen LogP) is 5.62. The second kappa shape index (κ2) is 7.79. The fourth-order valence-electron chi connectivity index (χ4n) is 2.21. The number of benzene rings is 2. The van der Waals surface area contributed by atoms with E-state index >= 15 is 0 Å². The lowest BCUT2D eigenvalue weighted by Gasteiger charge is -2.09. The monoisotopic (exact) mass is 388 g/mol. The van der Waals surface area contributed by atoms with Gasteiger partial charge in [0.1, 0.15) is 17.6 Å². The molecule has 0 unspecified atom stereocenters. The van der Waals surface area contributed by atoms with Gasteiger partial charge in [-0.15, -0.1) is 11.3 Å². The topological polar surface area (TPSA) is 55.1 Å². The molecule has 0 aliphatic carbocycles. The highest BCUT2D eigenvalue weighted by Crippen LogP contribution is 2.37. The maximum absolute atomic E-state index is 9.50. The molecule has 0 aliphatic rings. The molecule has 126 valence electrons. The highest BCUT2D eigenvalue weighted by Gasteiger charge is 2.11. The van der Waals surface area contributed by atoms with Crippen LogP contribution in [0, 0.1) is 11.3 Å². The molecule has 25 heavy (non-hydrogen) atoms. The van der Waals surface area contributed by atoms with E-state index in [1.165, 1.54) is 11.8 Å². The fourth-order valence-corrected chi connectivity index (χ4v) is 4.43. The lowest BCUT2D eigenvalue weighted by Crippen LogP contribution is -1.91. The molecule has 3 rings (SSSR count). The van der Waals surface area contributed by atoms with Crippen LogP contribution < -0.4 is 9.47 Å². The number of hydrogen-bond donors (Lipinski definition) is 0. The highest BCUT2D eigenvalue weighted by molar-refractivity contribution is 8.05. The Morgan fingerprint density at radius 2 is 2.00 bits per heavy atom. The number of aromatic nitrogens is 1.